The van der Waals surface area contributed by atoms with Crippen LogP contribution in [0, 0.1) is 5.82 Å². The fourth-order valence-electron chi connectivity index (χ4n) is 0.968. The van der Waals surface area contributed by atoms with E-state index < -0.39 is 11.8 Å². The SMILES string of the molecule is CCOc1c(F)cccc1C(=O)O. The van der Waals surface area contributed by atoms with Crippen LogP contribution in [0.4, 0.5) is 4.39 Å². The van der Waals surface area contributed by atoms with Crippen molar-refractivity contribution in [1.29, 1.82) is 0 Å². The van der Waals surface area contributed by atoms with Gasteiger partial charge in [-0.15, -0.1) is 0 Å². The first-order valence-corrected chi connectivity index (χ1v) is 3.81. The second kappa shape index (κ2) is 3.89. The molecule has 0 radical (unpaired) electrons. The number of benzene rings is 1. The molecule has 0 bridgehead atoms. The second-order valence-electron chi connectivity index (χ2n) is 2.35. The lowest BCUT2D eigenvalue weighted by Crippen LogP contribution is -2.04. The number of rotatable bonds is 3. The number of carbonyl (C=O) groups is 1. The van der Waals surface area contributed by atoms with Gasteiger partial charge in [-0.3, -0.25) is 0 Å². The average molecular weight is 184 g/mol. The van der Waals surface area contributed by atoms with Gasteiger partial charge in [-0.2, -0.15) is 0 Å². The molecule has 1 aromatic carbocycles. The molecule has 0 aliphatic carbocycles. The first-order chi connectivity index (χ1) is 6.16. The smallest absolute Gasteiger partial charge is 0.339 e. The number of ether oxygens (including phenoxy) is 1. The van der Waals surface area contributed by atoms with Crippen LogP contribution in [0.5, 0.6) is 5.75 Å². The summed E-state index contributed by atoms with van der Waals surface area (Å²) in [5.74, 6) is -2.04. The van der Waals surface area contributed by atoms with E-state index in [1.165, 1.54) is 12.1 Å². The normalized spacial score (nSPS) is 9.69. The van der Waals surface area contributed by atoms with E-state index in [9.17, 15) is 9.18 Å². The van der Waals surface area contributed by atoms with Crippen molar-refractivity contribution in [1.82, 2.24) is 0 Å². The summed E-state index contributed by atoms with van der Waals surface area (Å²) in [6, 6.07) is 3.80. The molecule has 0 atom stereocenters. The van der Waals surface area contributed by atoms with E-state index >= 15 is 0 Å². The summed E-state index contributed by atoms with van der Waals surface area (Å²) >= 11 is 0. The molecular weight excluding hydrogens is 175 g/mol. The highest BCUT2D eigenvalue weighted by Crippen LogP contribution is 2.22. The molecule has 0 aliphatic heterocycles. The Morgan fingerprint density at radius 2 is 2.31 bits per heavy atom. The number of hydrogen-bond acceptors (Lipinski definition) is 2. The van der Waals surface area contributed by atoms with E-state index in [-0.39, 0.29) is 17.9 Å². The third kappa shape index (κ3) is 1.96. The Hall–Kier alpha value is -1.58. The van der Waals surface area contributed by atoms with Gasteiger partial charge in [0.1, 0.15) is 5.56 Å². The van der Waals surface area contributed by atoms with Crippen LogP contribution in [0.25, 0.3) is 0 Å². The maximum atomic E-state index is 13.0. The largest absolute Gasteiger partial charge is 0.490 e. The number of carboxylic acid groups (broad SMARTS) is 1. The van der Waals surface area contributed by atoms with Crippen LogP contribution in [0.3, 0.4) is 0 Å². The van der Waals surface area contributed by atoms with Crippen LogP contribution in [-0.2, 0) is 0 Å². The maximum Gasteiger partial charge on any atom is 0.339 e. The summed E-state index contributed by atoms with van der Waals surface area (Å²) in [6.07, 6.45) is 0. The first-order valence-electron chi connectivity index (χ1n) is 3.81. The van der Waals surface area contributed by atoms with Gasteiger partial charge < -0.3 is 9.84 Å². The van der Waals surface area contributed by atoms with E-state index in [0.717, 1.165) is 6.07 Å². The van der Waals surface area contributed by atoms with Gasteiger partial charge in [-0.05, 0) is 19.1 Å². The van der Waals surface area contributed by atoms with Crippen molar-refractivity contribution in [3.8, 4) is 5.75 Å². The standard InChI is InChI=1S/C9H9FO3/c1-2-13-8-6(9(11)12)4-3-5-7(8)10/h3-5H,2H2,1H3,(H,11,12). The third-order valence-corrected chi connectivity index (χ3v) is 1.49. The predicted octanol–water partition coefficient (Wildman–Crippen LogP) is 1.92. The van der Waals surface area contributed by atoms with Gasteiger partial charge in [0.2, 0.25) is 0 Å². The molecule has 1 rings (SSSR count). The van der Waals surface area contributed by atoms with Crippen LogP contribution < -0.4 is 4.74 Å². The second-order valence-corrected chi connectivity index (χ2v) is 2.35. The summed E-state index contributed by atoms with van der Waals surface area (Å²) in [6.45, 7) is 1.90. The van der Waals surface area contributed by atoms with Gasteiger partial charge >= 0.3 is 5.97 Å². The van der Waals surface area contributed by atoms with Gasteiger partial charge in [0.15, 0.2) is 11.6 Å². The van der Waals surface area contributed by atoms with Crippen molar-refractivity contribution in [3.05, 3.63) is 29.6 Å². The molecule has 0 aliphatic rings. The van der Waals surface area contributed by atoms with Gasteiger partial charge in [0, 0.05) is 0 Å². The number of hydrogen-bond donors (Lipinski definition) is 1. The molecule has 4 heteroatoms. The van der Waals surface area contributed by atoms with Crippen LogP contribution in [0.15, 0.2) is 18.2 Å². The summed E-state index contributed by atoms with van der Waals surface area (Å²) in [5.41, 5.74) is -0.151. The Labute approximate surface area is 74.8 Å². The molecule has 0 spiro atoms. The Morgan fingerprint density at radius 3 is 2.85 bits per heavy atom. The topological polar surface area (TPSA) is 46.5 Å². The van der Waals surface area contributed by atoms with Gasteiger partial charge in [0.25, 0.3) is 0 Å². The van der Waals surface area contributed by atoms with Crippen molar-refractivity contribution >= 4 is 5.97 Å². The molecule has 0 aromatic heterocycles. The molecule has 0 heterocycles. The first kappa shape index (κ1) is 9.51. The quantitative estimate of drug-likeness (QED) is 0.780. The molecule has 3 nitrogen and oxygen atoms in total. The van der Waals surface area contributed by atoms with Crippen molar-refractivity contribution in [2.45, 2.75) is 6.92 Å². The number of halogens is 1. The zero-order valence-corrected chi connectivity index (χ0v) is 7.08. The molecule has 0 fully saturated rings. The summed E-state index contributed by atoms with van der Waals surface area (Å²) in [5, 5.41) is 8.67. The van der Waals surface area contributed by atoms with Gasteiger partial charge in [-0.1, -0.05) is 6.07 Å². The number of para-hydroxylation sites is 1. The van der Waals surface area contributed by atoms with Crippen molar-refractivity contribution in [2.24, 2.45) is 0 Å². The summed E-state index contributed by atoms with van der Waals surface area (Å²) < 4.78 is 17.9. The third-order valence-electron chi connectivity index (χ3n) is 1.49. The van der Waals surface area contributed by atoms with E-state index in [4.69, 9.17) is 9.84 Å². The minimum absolute atomic E-state index is 0.151. The summed E-state index contributed by atoms with van der Waals surface area (Å²) in [7, 11) is 0. The number of aromatic carboxylic acids is 1. The molecule has 0 unspecified atom stereocenters. The molecule has 0 amide bonds. The molecule has 70 valence electrons. The van der Waals surface area contributed by atoms with Crippen LogP contribution >= 0.6 is 0 Å². The number of carboxylic acids is 1. The maximum absolute atomic E-state index is 13.0. The van der Waals surface area contributed by atoms with Crippen LogP contribution in [-0.4, -0.2) is 17.7 Å². The van der Waals surface area contributed by atoms with Gasteiger partial charge in [-0.25, -0.2) is 9.18 Å². The van der Waals surface area contributed by atoms with Crippen LogP contribution in [0.1, 0.15) is 17.3 Å². The molecule has 1 N–H and O–H groups in total. The highest BCUT2D eigenvalue weighted by molar-refractivity contribution is 5.90. The van der Waals surface area contributed by atoms with E-state index in [1.54, 1.807) is 6.92 Å². The van der Waals surface area contributed by atoms with Crippen molar-refractivity contribution < 1.29 is 19.0 Å². The minimum atomic E-state index is -1.19. The van der Waals surface area contributed by atoms with E-state index in [0.29, 0.717) is 0 Å². The van der Waals surface area contributed by atoms with Crippen molar-refractivity contribution in [2.75, 3.05) is 6.61 Å². The fraction of sp³-hybridized carbons (Fsp3) is 0.222. The Morgan fingerprint density at radius 1 is 1.62 bits per heavy atom. The van der Waals surface area contributed by atoms with Gasteiger partial charge in [0.05, 0.1) is 6.61 Å². The van der Waals surface area contributed by atoms with Crippen LogP contribution in [0.2, 0.25) is 0 Å². The average Bonchev–Trinajstić information content (AvgIpc) is 2.08. The Kier molecular flexibility index (Phi) is 2.84. The predicted molar refractivity (Wildman–Crippen MR) is 44.5 cm³/mol. The molecule has 1 aromatic rings. The van der Waals surface area contributed by atoms with Crippen molar-refractivity contribution in [3.63, 3.8) is 0 Å². The molecule has 0 saturated heterocycles. The van der Waals surface area contributed by atoms with E-state index in [2.05, 4.69) is 0 Å². The summed E-state index contributed by atoms with van der Waals surface area (Å²) in [4.78, 5) is 10.6. The monoisotopic (exact) mass is 184 g/mol. The Bertz CT molecular complexity index is 323. The zero-order valence-electron chi connectivity index (χ0n) is 7.08. The molecule has 0 saturated carbocycles. The van der Waals surface area contributed by atoms with E-state index in [1.807, 2.05) is 0 Å². The molecular formula is C9H9FO3. The lowest BCUT2D eigenvalue weighted by Gasteiger charge is -2.06. The molecule has 13 heavy (non-hydrogen) atoms. The lowest BCUT2D eigenvalue weighted by atomic mass is 10.2. The lowest BCUT2D eigenvalue weighted by molar-refractivity contribution is 0.0691. The Balaban J connectivity index is 3.17. The fourth-order valence-corrected chi connectivity index (χ4v) is 0.968. The highest BCUT2D eigenvalue weighted by Gasteiger charge is 2.14. The minimum Gasteiger partial charge on any atom is -0.490 e. The zero-order chi connectivity index (χ0) is 9.84. The highest BCUT2D eigenvalue weighted by atomic mass is 19.1.